The lowest BCUT2D eigenvalue weighted by atomic mass is 10.00. The third-order valence-electron chi connectivity index (χ3n) is 6.06. The Balaban J connectivity index is 1.60. The summed E-state index contributed by atoms with van der Waals surface area (Å²) in [4.78, 5) is 43.8. The van der Waals surface area contributed by atoms with Gasteiger partial charge in [-0.2, -0.15) is 0 Å². The molecule has 0 spiro atoms. The first-order valence-electron chi connectivity index (χ1n) is 11.0. The van der Waals surface area contributed by atoms with Gasteiger partial charge in [0.2, 0.25) is 5.29 Å². The molecule has 0 radical (unpaired) electrons. The number of amidine groups is 1. The number of likely N-dealkylation sites (tertiary alicyclic amines) is 1. The molecule has 172 valence electrons. The van der Waals surface area contributed by atoms with E-state index in [2.05, 4.69) is 15.0 Å². The molecule has 5 rings (SSSR count). The highest BCUT2D eigenvalue weighted by Crippen LogP contribution is 2.36. The van der Waals surface area contributed by atoms with Crippen molar-refractivity contribution < 1.29 is 9.59 Å². The smallest absolute Gasteiger partial charge is 0.269 e. The number of hydrogen-bond donors (Lipinski definition) is 1. The first-order chi connectivity index (χ1) is 16.6. The zero-order valence-electron chi connectivity index (χ0n) is 18.3. The van der Waals surface area contributed by atoms with Crippen LogP contribution in [0.25, 0.3) is 16.8 Å². The summed E-state index contributed by atoms with van der Waals surface area (Å²) in [5, 5.41) is 0.0387. The third-order valence-corrected chi connectivity index (χ3v) is 6.25. The Morgan fingerprint density at radius 1 is 1.21 bits per heavy atom. The fourth-order valence-electron chi connectivity index (χ4n) is 4.45. The molecule has 0 bridgehead atoms. The summed E-state index contributed by atoms with van der Waals surface area (Å²) < 4.78 is 1.91. The number of anilines is 1. The predicted molar refractivity (Wildman–Crippen MR) is 131 cm³/mol. The van der Waals surface area contributed by atoms with E-state index in [4.69, 9.17) is 22.3 Å². The molecule has 3 aromatic rings. The van der Waals surface area contributed by atoms with Crippen LogP contribution in [0.4, 0.5) is 5.82 Å². The minimum Gasteiger partial charge on any atom is -0.382 e. The molecule has 1 fully saturated rings. The van der Waals surface area contributed by atoms with Crippen LogP contribution < -0.4 is 5.73 Å². The topological polar surface area (TPSA) is 118 Å². The van der Waals surface area contributed by atoms with Crippen LogP contribution in [0, 0.1) is 0 Å². The summed E-state index contributed by atoms with van der Waals surface area (Å²) in [5.74, 6) is 0.863. The maximum Gasteiger partial charge on any atom is 0.269 e. The number of piperidine rings is 1. The lowest BCUT2D eigenvalue weighted by molar-refractivity contribution is -0.128. The fourth-order valence-corrected chi connectivity index (χ4v) is 4.61. The van der Waals surface area contributed by atoms with E-state index in [1.807, 2.05) is 27.6 Å². The van der Waals surface area contributed by atoms with E-state index < -0.39 is 0 Å². The van der Waals surface area contributed by atoms with E-state index in [-0.39, 0.29) is 17.2 Å². The van der Waals surface area contributed by atoms with Gasteiger partial charge in [-0.1, -0.05) is 30.3 Å². The Hall–Kier alpha value is -3.85. The van der Waals surface area contributed by atoms with Gasteiger partial charge in [-0.05, 0) is 30.9 Å². The zero-order valence-corrected chi connectivity index (χ0v) is 19.0. The van der Waals surface area contributed by atoms with Crippen LogP contribution in [0.15, 0.2) is 58.9 Å². The summed E-state index contributed by atoms with van der Waals surface area (Å²) in [6.45, 7) is 0.583. The molecule has 1 saturated heterocycles. The normalized spacial score (nSPS) is 18.4. The van der Waals surface area contributed by atoms with E-state index in [9.17, 15) is 9.59 Å². The van der Waals surface area contributed by atoms with E-state index in [0.717, 1.165) is 31.1 Å². The van der Waals surface area contributed by atoms with Crippen molar-refractivity contribution in [1.82, 2.24) is 19.3 Å². The summed E-state index contributed by atoms with van der Waals surface area (Å²) in [6.07, 6.45) is 10.5. The van der Waals surface area contributed by atoms with Crippen molar-refractivity contribution in [3.8, 4) is 11.3 Å². The molecular formula is C24H22ClN7O2. The molecule has 2 aromatic heterocycles. The van der Waals surface area contributed by atoms with Gasteiger partial charge in [0.1, 0.15) is 34.9 Å². The van der Waals surface area contributed by atoms with Crippen LogP contribution in [0.1, 0.15) is 47.9 Å². The highest BCUT2D eigenvalue weighted by Gasteiger charge is 2.34. The molecule has 1 atom stereocenters. The van der Waals surface area contributed by atoms with Gasteiger partial charge in [0.25, 0.3) is 5.91 Å². The highest BCUT2D eigenvalue weighted by atomic mass is 35.5. The van der Waals surface area contributed by atoms with Gasteiger partial charge < -0.3 is 10.6 Å². The molecule has 1 aromatic carbocycles. The number of carbonyl (C=O) groups excluding carboxylic acids is 2. The average Bonchev–Trinajstić information content (AvgIpc) is 3.12. The molecule has 0 aliphatic carbocycles. The number of aromatic nitrogens is 3. The number of aliphatic imine (C=N–C) groups is 2. The van der Waals surface area contributed by atoms with Crippen molar-refractivity contribution in [2.45, 2.75) is 31.7 Å². The number of imidazole rings is 1. The number of halogens is 1. The maximum atomic E-state index is 13.5. The number of allylic oxidation sites excluding steroid dienone is 1. The number of amides is 1. The Kier molecular flexibility index (Phi) is 5.93. The van der Waals surface area contributed by atoms with E-state index in [1.165, 1.54) is 0 Å². The fraction of sp³-hybridized carbons (Fsp3) is 0.250. The average molecular weight is 476 g/mol. The number of nitrogen functional groups attached to an aromatic ring is 1. The van der Waals surface area contributed by atoms with Crippen LogP contribution in [0.5, 0.6) is 0 Å². The minimum absolute atomic E-state index is 0.0387. The number of nitrogens with zero attached hydrogens (tertiary/aromatic N) is 6. The van der Waals surface area contributed by atoms with Gasteiger partial charge in [0.05, 0.1) is 6.04 Å². The second kappa shape index (κ2) is 9.18. The standard InChI is InChI=1S/C24H22ClN7O2/c25-24-28-10-3-4-17(29-24)23(34)31-12-2-1-5-18(31)22-30-19(16-8-6-15(14-33)7-9-16)20-21(26)27-11-13-32(20)22/h3,6-11,13-14,18H,1-2,4-5,12H2,(H2,26,27). The summed E-state index contributed by atoms with van der Waals surface area (Å²) in [6, 6.07) is 6.86. The molecule has 2 aliphatic rings. The molecule has 34 heavy (non-hydrogen) atoms. The summed E-state index contributed by atoms with van der Waals surface area (Å²) >= 11 is 6.02. The van der Waals surface area contributed by atoms with Crippen molar-refractivity contribution in [3.05, 3.63) is 60.3 Å². The summed E-state index contributed by atoms with van der Waals surface area (Å²) in [7, 11) is 0. The van der Waals surface area contributed by atoms with Crippen molar-refractivity contribution in [3.63, 3.8) is 0 Å². The van der Waals surface area contributed by atoms with Gasteiger partial charge >= 0.3 is 0 Å². The minimum atomic E-state index is -0.274. The van der Waals surface area contributed by atoms with Crippen LogP contribution in [0.3, 0.4) is 0 Å². The number of fused-ring (bicyclic) bond motifs is 1. The first-order valence-corrected chi connectivity index (χ1v) is 11.4. The predicted octanol–water partition coefficient (Wildman–Crippen LogP) is 3.80. The van der Waals surface area contributed by atoms with Crippen molar-refractivity contribution in [1.29, 1.82) is 0 Å². The Morgan fingerprint density at radius 2 is 2.03 bits per heavy atom. The molecule has 0 saturated carbocycles. The molecule has 10 heteroatoms. The molecule has 2 N–H and O–H groups in total. The van der Waals surface area contributed by atoms with Crippen LogP contribution in [0.2, 0.25) is 0 Å². The molecule has 2 aliphatic heterocycles. The Labute approximate surface area is 200 Å². The van der Waals surface area contributed by atoms with Crippen LogP contribution in [-0.4, -0.2) is 49.0 Å². The number of carbonyl (C=O) groups is 2. The molecule has 1 amide bonds. The SMILES string of the molecule is Nc1nccn2c(C3CCCCN3C(=O)C3=NC(Cl)=NC=CC3)nc(-c3ccc(C=O)cc3)c12. The lowest BCUT2D eigenvalue weighted by Crippen LogP contribution is -2.43. The third kappa shape index (κ3) is 3.99. The second-order valence-electron chi connectivity index (χ2n) is 8.15. The maximum absolute atomic E-state index is 13.5. The molecule has 1 unspecified atom stereocenters. The number of hydrogen-bond acceptors (Lipinski definition) is 7. The zero-order chi connectivity index (χ0) is 23.7. The summed E-state index contributed by atoms with van der Waals surface area (Å²) in [5.41, 5.74) is 9.32. The van der Waals surface area contributed by atoms with Crippen molar-refractivity contribution in [2.75, 3.05) is 12.3 Å². The Morgan fingerprint density at radius 3 is 2.82 bits per heavy atom. The quantitative estimate of drug-likeness (QED) is 0.454. The largest absolute Gasteiger partial charge is 0.382 e. The second-order valence-corrected chi connectivity index (χ2v) is 8.48. The molecular weight excluding hydrogens is 454 g/mol. The first kappa shape index (κ1) is 22.0. The van der Waals surface area contributed by atoms with Gasteiger partial charge in [-0.3, -0.25) is 14.0 Å². The van der Waals surface area contributed by atoms with E-state index >= 15 is 0 Å². The van der Waals surface area contributed by atoms with Gasteiger partial charge in [0, 0.05) is 42.7 Å². The highest BCUT2D eigenvalue weighted by molar-refractivity contribution is 6.66. The van der Waals surface area contributed by atoms with E-state index in [0.29, 0.717) is 47.1 Å². The lowest BCUT2D eigenvalue weighted by Gasteiger charge is -2.35. The number of aldehydes is 1. The van der Waals surface area contributed by atoms with Crippen LogP contribution >= 0.6 is 11.6 Å². The number of rotatable bonds is 4. The molecule has 9 nitrogen and oxygen atoms in total. The monoisotopic (exact) mass is 475 g/mol. The number of nitrogens with two attached hydrogens (primary N) is 1. The van der Waals surface area contributed by atoms with Crippen LogP contribution in [-0.2, 0) is 4.79 Å². The van der Waals surface area contributed by atoms with Gasteiger partial charge in [0.15, 0.2) is 0 Å². The Bertz CT molecular complexity index is 1360. The van der Waals surface area contributed by atoms with E-state index in [1.54, 1.807) is 30.6 Å². The van der Waals surface area contributed by atoms with Crippen molar-refractivity contribution >= 4 is 46.1 Å². The number of benzene rings is 1. The molecule has 4 heterocycles. The van der Waals surface area contributed by atoms with Gasteiger partial charge in [-0.15, -0.1) is 0 Å². The van der Waals surface area contributed by atoms with Gasteiger partial charge in [-0.25, -0.2) is 20.0 Å². The van der Waals surface area contributed by atoms with Crippen molar-refractivity contribution in [2.24, 2.45) is 9.98 Å².